The van der Waals surface area contributed by atoms with Crippen LogP contribution in [0.3, 0.4) is 0 Å². The van der Waals surface area contributed by atoms with Crippen molar-refractivity contribution in [2.24, 2.45) is 0 Å². The SMILES string of the molecule is CCN(C)C(=O)Nc1cc(C(F)(F)F)ccc1Br. The Morgan fingerprint density at radius 3 is 2.56 bits per heavy atom. The van der Waals surface area contributed by atoms with Crippen molar-refractivity contribution in [3.05, 3.63) is 28.2 Å². The molecule has 0 saturated carbocycles. The zero-order valence-corrected chi connectivity index (χ0v) is 11.4. The lowest BCUT2D eigenvalue weighted by Crippen LogP contribution is -2.31. The van der Waals surface area contributed by atoms with Gasteiger partial charge in [0.25, 0.3) is 0 Å². The number of anilines is 1. The first-order chi connectivity index (χ1) is 8.25. The number of nitrogens with one attached hydrogen (secondary N) is 1. The molecule has 0 aliphatic heterocycles. The van der Waals surface area contributed by atoms with Crippen molar-refractivity contribution in [1.82, 2.24) is 4.90 Å². The van der Waals surface area contributed by atoms with Crippen LogP contribution in [0.5, 0.6) is 0 Å². The van der Waals surface area contributed by atoms with Crippen LogP contribution >= 0.6 is 15.9 Å². The Morgan fingerprint density at radius 1 is 1.44 bits per heavy atom. The highest BCUT2D eigenvalue weighted by Gasteiger charge is 2.31. The Kier molecular flexibility index (Phi) is 4.61. The lowest BCUT2D eigenvalue weighted by atomic mass is 10.2. The maximum Gasteiger partial charge on any atom is 0.416 e. The summed E-state index contributed by atoms with van der Waals surface area (Å²) >= 11 is 3.10. The summed E-state index contributed by atoms with van der Waals surface area (Å²) in [4.78, 5) is 12.9. The third-order valence-electron chi connectivity index (χ3n) is 2.36. The van der Waals surface area contributed by atoms with Crippen molar-refractivity contribution in [2.45, 2.75) is 13.1 Å². The Morgan fingerprint density at radius 2 is 2.06 bits per heavy atom. The molecule has 0 aliphatic rings. The van der Waals surface area contributed by atoms with Gasteiger partial charge < -0.3 is 10.2 Å². The Hall–Kier alpha value is -1.24. The third kappa shape index (κ3) is 3.63. The number of rotatable bonds is 2. The summed E-state index contributed by atoms with van der Waals surface area (Å²) in [6, 6.07) is 2.64. The second-order valence-corrected chi connectivity index (χ2v) is 4.49. The summed E-state index contributed by atoms with van der Waals surface area (Å²) in [6.07, 6.45) is -4.43. The van der Waals surface area contributed by atoms with E-state index in [0.29, 0.717) is 11.0 Å². The number of benzene rings is 1. The van der Waals surface area contributed by atoms with E-state index in [2.05, 4.69) is 21.2 Å². The lowest BCUT2D eigenvalue weighted by Gasteiger charge is -2.17. The largest absolute Gasteiger partial charge is 0.416 e. The molecule has 1 aromatic carbocycles. The molecule has 0 fully saturated rings. The van der Waals surface area contributed by atoms with Crippen LogP contribution in [-0.2, 0) is 6.18 Å². The summed E-state index contributed by atoms with van der Waals surface area (Å²) in [5, 5.41) is 2.41. The summed E-state index contributed by atoms with van der Waals surface area (Å²) < 4.78 is 38.0. The molecule has 100 valence electrons. The normalized spacial score (nSPS) is 11.2. The molecule has 0 spiro atoms. The molecule has 0 saturated heterocycles. The highest BCUT2D eigenvalue weighted by Crippen LogP contribution is 2.33. The van der Waals surface area contributed by atoms with Gasteiger partial charge in [0.1, 0.15) is 0 Å². The van der Waals surface area contributed by atoms with Crippen molar-refractivity contribution in [3.63, 3.8) is 0 Å². The second kappa shape index (κ2) is 5.60. The number of alkyl halides is 3. The molecule has 3 nitrogen and oxygen atoms in total. The molecule has 1 aromatic rings. The molecule has 1 rings (SSSR count). The van der Waals surface area contributed by atoms with Gasteiger partial charge in [-0.1, -0.05) is 0 Å². The molecule has 0 radical (unpaired) electrons. The lowest BCUT2D eigenvalue weighted by molar-refractivity contribution is -0.137. The molecular formula is C11H12BrF3N2O. The average molecular weight is 325 g/mol. The predicted octanol–water partition coefficient (Wildman–Crippen LogP) is 3.95. The van der Waals surface area contributed by atoms with Crippen LogP contribution < -0.4 is 5.32 Å². The zero-order chi connectivity index (χ0) is 13.9. The van der Waals surface area contributed by atoms with Gasteiger partial charge in [-0.25, -0.2) is 4.79 Å². The van der Waals surface area contributed by atoms with Crippen LogP contribution in [0.1, 0.15) is 12.5 Å². The minimum Gasteiger partial charge on any atom is -0.328 e. The highest BCUT2D eigenvalue weighted by molar-refractivity contribution is 9.10. The quantitative estimate of drug-likeness (QED) is 0.877. The van der Waals surface area contributed by atoms with Crippen molar-refractivity contribution >= 4 is 27.6 Å². The van der Waals surface area contributed by atoms with Crippen molar-refractivity contribution < 1.29 is 18.0 Å². The van der Waals surface area contributed by atoms with Gasteiger partial charge in [0.2, 0.25) is 0 Å². The smallest absolute Gasteiger partial charge is 0.328 e. The monoisotopic (exact) mass is 324 g/mol. The van der Waals surface area contributed by atoms with Crippen LogP contribution in [0.4, 0.5) is 23.7 Å². The highest BCUT2D eigenvalue weighted by atomic mass is 79.9. The van der Waals surface area contributed by atoms with Gasteiger partial charge >= 0.3 is 12.2 Å². The first-order valence-electron chi connectivity index (χ1n) is 5.14. The zero-order valence-electron chi connectivity index (χ0n) is 9.81. The molecule has 0 aromatic heterocycles. The number of carbonyl (C=O) groups excluding carboxylic acids is 1. The van der Waals surface area contributed by atoms with Crippen LogP contribution in [0.15, 0.2) is 22.7 Å². The molecule has 0 aliphatic carbocycles. The summed E-state index contributed by atoms with van der Waals surface area (Å²) in [5.74, 6) is 0. The van der Waals surface area contributed by atoms with Gasteiger partial charge in [-0.3, -0.25) is 0 Å². The number of hydrogen-bond acceptors (Lipinski definition) is 1. The molecule has 0 unspecified atom stereocenters. The molecular weight excluding hydrogens is 313 g/mol. The van der Waals surface area contributed by atoms with Crippen molar-refractivity contribution in [1.29, 1.82) is 0 Å². The number of amides is 2. The fourth-order valence-electron chi connectivity index (χ4n) is 1.15. The molecule has 18 heavy (non-hydrogen) atoms. The van der Waals surface area contributed by atoms with Crippen LogP contribution in [0.25, 0.3) is 0 Å². The van der Waals surface area contributed by atoms with Gasteiger partial charge in [-0.15, -0.1) is 0 Å². The number of urea groups is 1. The fraction of sp³-hybridized carbons (Fsp3) is 0.364. The fourth-order valence-corrected chi connectivity index (χ4v) is 1.50. The molecule has 2 amide bonds. The molecule has 7 heteroatoms. The van der Waals surface area contributed by atoms with E-state index in [1.54, 1.807) is 14.0 Å². The second-order valence-electron chi connectivity index (χ2n) is 3.64. The van der Waals surface area contributed by atoms with Crippen LogP contribution in [0, 0.1) is 0 Å². The maximum atomic E-state index is 12.5. The number of carbonyl (C=O) groups is 1. The van der Waals surface area contributed by atoms with Gasteiger partial charge in [-0.05, 0) is 41.1 Å². The van der Waals surface area contributed by atoms with E-state index in [9.17, 15) is 18.0 Å². The Balaban J connectivity index is 2.99. The Labute approximate surface area is 111 Å². The minimum absolute atomic E-state index is 0.0927. The third-order valence-corrected chi connectivity index (χ3v) is 3.05. The number of halogens is 4. The van der Waals surface area contributed by atoms with Gasteiger partial charge in [-0.2, -0.15) is 13.2 Å². The van der Waals surface area contributed by atoms with E-state index in [0.717, 1.165) is 12.1 Å². The van der Waals surface area contributed by atoms with E-state index in [1.165, 1.54) is 11.0 Å². The maximum absolute atomic E-state index is 12.5. The van der Waals surface area contributed by atoms with E-state index in [1.807, 2.05) is 0 Å². The van der Waals surface area contributed by atoms with E-state index in [-0.39, 0.29) is 5.69 Å². The molecule has 0 heterocycles. The Bertz CT molecular complexity index is 448. The van der Waals surface area contributed by atoms with E-state index in [4.69, 9.17) is 0 Å². The van der Waals surface area contributed by atoms with Crippen LogP contribution in [-0.4, -0.2) is 24.5 Å². The topological polar surface area (TPSA) is 32.3 Å². The van der Waals surface area contributed by atoms with E-state index < -0.39 is 17.8 Å². The van der Waals surface area contributed by atoms with Gasteiger partial charge in [0.15, 0.2) is 0 Å². The van der Waals surface area contributed by atoms with E-state index >= 15 is 0 Å². The molecule has 0 bridgehead atoms. The van der Waals surface area contributed by atoms with Crippen molar-refractivity contribution in [2.75, 3.05) is 18.9 Å². The summed E-state index contributed by atoms with van der Waals surface area (Å²) in [6.45, 7) is 2.23. The molecule has 0 atom stereocenters. The van der Waals surface area contributed by atoms with Crippen molar-refractivity contribution in [3.8, 4) is 0 Å². The van der Waals surface area contributed by atoms with Gasteiger partial charge in [0, 0.05) is 18.1 Å². The number of hydrogen-bond donors (Lipinski definition) is 1. The first kappa shape index (κ1) is 14.8. The molecule has 1 N–H and O–H groups in total. The first-order valence-corrected chi connectivity index (χ1v) is 5.94. The summed E-state index contributed by atoms with van der Waals surface area (Å²) in [5.41, 5.74) is -0.713. The van der Waals surface area contributed by atoms with Gasteiger partial charge in [0.05, 0.1) is 11.3 Å². The van der Waals surface area contributed by atoms with Crippen LogP contribution in [0.2, 0.25) is 0 Å². The average Bonchev–Trinajstić information content (AvgIpc) is 2.29. The predicted molar refractivity (Wildman–Crippen MR) is 66.5 cm³/mol. The minimum atomic E-state index is -4.43. The summed E-state index contributed by atoms with van der Waals surface area (Å²) in [7, 11) is 1.55. The number of nitrogens with zero attached hydrogens (tertiary/aromatic N) is 1. The standard InChI is InChI=1S/C11H12BrF3N2O/c1-3-17(2)10(18)16-9-6-7(11(13,14)15)4-5-8(9)12/h4-6H,3H2,1-2H3,(H,16,18).